The number of carbonyl (C=O) groups is 2. The lowest BCUT2D eigenvalue weighted by molar-refractivity contribution is -0.151. The molecule has 1 aliphatic rings. The molecule has 0 bridgehead atoms. The molecule has 1 unspecified atom stereocenters. The lowest BCUT2D eigenvalue weighted by Gasteiger charge is -2.19. The molecule has 0 amide bonds. The van der Waals surface area contributed by atoms with Crippen LogP contribution in [0.1, 0.15) is 149 Å². The molecule has 1 aliphatic carbocycles. The van der Waals surface area contributed by atoms with E-state index in [4.69, 9.17) is 9.47 Å². The summed E-state index contributed by atoms with van der Waals surface area (Å²) in [5, 5.41) is 41.0. The van der Waals surface area contributed by atoms with Crippen LogP contribution in [0.25, 0.3) is 0 Å². The zero-order valence-electron chi connectivity index (χ0n) is 29.3. The first-order valence-electron chi connectivity index (χ1n) is 18.5. The molecule has 0 aromatic heterocycles. The van der Waals surface area contributed by atoms with Gasteiger partial charge in [-0.25, -0.2) is 0 Å². The second kappa shape index (κ2) is 27.2. The van der Waals surface area contributed by atoms with Crippen LogP contribution in [0.2, 0.25) is 0 Å². The van der Waals surface area contributed by atoms with Gasteiger partial charge in [0.15, 0.2) is 0 Å². The van der Waals surface area contributed by atoms with E-state index >= 15 is 0 Å². The highest BCUT2D eigenvalue weighted by Gasteiger charge is 2.39. The number of unbranched alkanes of at least 4 members (excludes halogenated alkanes) is 11. The SMILES string of the molecule is CCCCC[C@@H](O)/C=C/[C@@H]1[C@H](C/C=C\CC(=O)OC[C@@H](O)COC(=O)CCCCCCCCCCCCC(C)CC)[C@@H](O)C[C@H]1O. The van der Waals surface area contributed by atoms with Crippen LogP contribution < -0.4 is 0 Å². The fraction of sp³-hybridized carbons (Fsp3) is 0.842. The summed E-state index contributed by atoms with van der Waals surface area (Å²) in [5.74, 6) is -0.467. The van der Waals surface area contributed by atoms with Gasteiger partial charge in [-0.05, 0) is 31.1 Å². The van der Waals surface area contributed by atoms with Crippen LogP contribution in [0, 0.1) is 17.8 Å². The Balaban J connectivity index is 2.10. The van der Waals surface area contributed by atoms with Crippen LogP contribution in [-0.4, -0.2) is 70.0 Å². The van der Waals surface area contributed by atoms with Crippen LogP contribution in [0.5, 0.6) is 0 Å². The molecule has 7 atom stereocenters. The zero-order chi connectivity index (χ0) is 34.0. The number of aliphatic hydroxyl groups is 4. The minimum absolute atomic E-state index is 0.00686. The summed E-state index contributed by atoms with van der Waals surface area (Å²) in [7, 11) is 0. The second-order valence-electron chi connectivity index (χ2n) is 13.6. The van der Waals surface area contributed by atoms with E-state index in [9.17, 15) is 30.0 Å². The third kappa shape index (κ3) is 21.2. The molecule has 0 aromatic carbocycles. The van der Waals surface area contributed by atoms with Crippen LogP contribution in [0.15, 0.2) is 24.3 Å². The van der Waals surface area contributed by atoms with Crippen molar-refractivity contribution in [3.05, 3.63) is 24.3 Å². The summed E-state index contributed by atoms with van der Waals surface area (Å²) in [6.45, 7) is 6.26. The molecule has 1 fully saturated rings. The number of carbonyl (C=O) groups excluding carboxylic acids is 2. The molecule has 0 radical (unpaired) electrons. The minimum Gasteiger partial charge on any atom is -0.463 e. The largest absolute Gasteiger partial charge is 0.463 e. The molecule has 0 saturated heterocycles. The van der Waals surface area contributed by atoms with Crippen molar-refractivity contribution < 1.29 is 39.5 Å². The van der Waals surface area contributed by atoms with Crippen molar-refractivity contribution in [1.29, 1.82) is 0 Å². The van der Waals surface area contributed by atoms with Gasteiger partial charge in [0.05, 0.1) is 24.7 Å². The average Bonchev–Trinajstić information content (AvgIpc) is 3.31. The Labute approximate surface area is 280 Å². The summed E-state index contributed by atoms with van der Waals surface area (Å²) in [4.78, 5) is 24.1. The van der Waals surface area contributed by atoms with Gasteiger partial charge in [0.25, 0.3) is 0 Å². The van der Waals surface area contributed by atoms with Gasteiger partial charge in [-0.15, -0.1) is 0 Å². The number of hydrogen-bond acceptors (Lipinski definition) is 8. The molecule has 0 heterocycles. The molecule has 46 heavy (non-hydrogen) atoms. The Morgan fingerprint density at radius 1 is 0.761 bits per heavy atom. The van der Waals surface area contributed by atoms with Gasteiger partial charge in [-0.1, -0.05) is 135 Å². The van der Waals surface area contributed by atoms with Gasteiger partial charge in [-0.2, -0.15) is 0 Å². The van der Waals surface area contributed by atoms with Crippen molar-refractivity contribution in [1.82, 2.24) is 0 Å². The Morgan fingerprint density at radius 2 is 1.35 bits per heavy atom. The minimum atomic E-state index is -1.08. The van der Waals surface area contributed by atoms with Crippen LogP contribution >= 0.6 is 0 Å². The fourth-order valence-electron chi connectivity index (χ4n) is 6.03. The van der Waals surface area contributed by atoms with Crippen LogP contribution in [0.4, 0.5) is 0 Å². The van der Waals surface area contributed by atoms with Crippen molar-refractivity contribution in [3.8, 4) is 0 Å². The smallest absolute Gasteiger partial charge is 0.309 e. The van der Waals surface area contributed by atoms with E-state index in [0.717, 1.165) is 44.4 Å². The van der Waals surface area contributed by atoms with E-state index in [1.165, 1.54) is 57.8 Å². The van der Waals surface area contributed by atoms with Gasteiger partial charge in [0, 0.05) is 18.8 Å². The van der Waals surface area contributed by atoms with E-state index in [2.05, 4.69) is 20.8 Å². The quantitative estimate of drug-likeness (QED) is 0.0392. The lowest BCUT2D eigenvalue weighted by Crippen LogP contribution is -2.25. The summed E-state index contributed by atoms with van der Waals surface area (Å²) < 4.78 is 10.2. The first kappa shape index (κ1) is 42.3. The fourth-order valence-corrected chi connectivity index (χ4v) is 6.03. The van der Waals surface area contributed by atoms with E-state index in [0.29, 0.717) is 19.3 Å². The number of hydrogen-bond donors (Lipinski definition) is 4. The molecule has 268 valence electrons. The van der Waals surface area contributed by atoms with Gasteiger partial charge >= 0.3 is 11.9 Å². The van der Waals surface area contributed by atoms with Crippen molar-refractivity contribution >= 4 is 11.9 Å². The van der Waals surface area contributed by atoms with Crippen LogP contribution in [0.3, 0.4) is 0 Å². The maximum atomic E-state index is 12.1. The third-order valence-electron chi connectivity index (χ3n) is 9.33. The summed E-state index contributed by atoms with van der Waals surface area (Å²) in [6.07, 6.45) is 23.6. The highest BCUT2D eigenvalue weighted by molar-refractivity contribution is 5.71. The van der Waals surface area contributed by atoms with E-state index < -0.39 is 30.4 Å². The number of rotatable bonds is 28. The Hall–Kier alpha value is -1.74. The topological polar surface area (TPSA) is 134 Å². The van der Waals surface area contributed by atoms with Gasteiger partial charge in [-0.3, -0.25) is 9.59 Å². The highest BCUT2D eigenvalue weighted by Crippen LogP contribution is 2.36. The molecule has 0 spiro atoms. The summed E-state index contributed by atoms with van der Waals surface area (Å²) >= 11 is 0. The molecule has 8 nitrogen and oxygen atoms in total. The van der Waals surface area contributed by atoms with Crippen LogP contribution in [-0.2, 0) is 19.1 Å². The number of ether oxygens (including phenoxy) is 2. The first-order chi connectivity index (χ1) is 22.2. The summed E-state index contributed by atoms with van der Waals surface area (Å²) in [5.41, 5.74) is 0. The number of aliphatic hydroxyl groups excluding tert-OH is 4. The van der Waals surface area contributed by atoms with Crippen molar-refractivity contribution in [2.75, 3.05) is 13.2 Å². The number of allylic oxidation sites excluding steroid dienone is 1. The molecule has 1 rings (SSSR count). The molecule has 0 aliphatic heterocycles. The molecule has 4 N–H and O–H groups in total. The van der Waals surface area contributed by atoms with Crippen molar-refractivity contribution in [2.24, 2.45) is 17.8 Å². The third-order valence-corrected chi connectivity index (χ3v) is 9.33. The van der Waals surface area contributed by atoms with Gasteiger partial charge in [0.2, 0.25) is 0 Å². The van der Waals surface area contributed by atoms with Gasteiger partial charge in [0.1, 0.15) is 19.3 Å². The lowest BCUT2D eigenvalue weighted by atomic mass is 9.89. The monoisotopic (exact) mass is 652 g/mol. The predicted molar refractivity (Wildman–Crippen MR) is 184 cm³/mol. The molecular weight excluding hydrogens is 584 g/mol. The molecular formula is C38H68O8. The Kier molecular flexibility index (Phi) is 25.0. The summed E-state index contributed by atoms with van der Waals surface area (Å²) in [6, 6.07) is 0. The normalized spacial score (nSPS) is 22.0. The van der Waals surface area contributed by atoms with E-state index in [1.807, 2.05) is 6.08 Å². The zero-order valence-corrected chi connectivity index (χ0v) is 29.3. The highest BCUT2D eigenvalue weighted by atomic mass is 16.6. The van der Waals surface area contributed by atoms with Gasteiger partial charge < -0.3 is 29.9 Å². The first-order valence-corrected chi connectivity index (χ1v) is 18.5. The van der Waals surface area contributed by atoms with E-state index in [-0.39, 0.29) is 43.9 Å². The van der Waals surface area contributed by atoms with E-state index in [1.54, 1.807) is 18.2 Å². The maximum absolute atomic E-state index is 12.1. The Morgan fingerprint density at radius 3 is 1.98 bits per heavy atom. The van der Waals surface area contributed by atoms with Crippen molar-refractivity contribution in [2.45, 2.75) is 174 Å². The Bertz CT molecular complexity index is 828. The molecule has 8 heteroatoms. The molecule has 1 saturated carbocycles. The number of esters is 2. The molecule has 0 aromatic rings. The average molecular weight is 653 g/mol. The standard InChI is InChI=1S/C38H68O8/c1-4-6-15-21-31(39)25-26-34-33(35(41)27-36(34)42)22-18-19-24-38(44)46-29-32(40)28-45-37(43)23-17-14-12-10-8-7-9-11-13-16-20-30(3)5-2/h18-19,25-26,30-36,39-42H,4-17,20-24,27-29H2,1-3H3/b19-18-,26-25+/t30?,31-,32+,33+,34-,35+,36-/m1/s1. The predicted octanol–water partition coefficient (Wildman–Crippen LogP) is 7.35. The van der Waals surface area contributed by atoms with Crippen molar-refractivity contribution in [3.63, 3.8) is 0 Å². The maximum Gasteiger partial charge on any atom is 0.309 e. The second-order valence-corrected chi connectivity index (χ2v) is 13.6.